The van der Waals surface area contributed by atoms with Gasteiger partial charge in [-0.3, -0.25) is 14.5 Å². The Morgan fingerprint density at radius 1 is 1.15 bits per heavy atom. The van der Waals surface area contributed by atoms with E-state index in [2.05, 4.69) is 37.6 Å². The van der Waals surface area contributed by atoms with Crippen LogP contribution in [0.2, 0.25) is 0 Å². The smallest absolute Gasteiger partial charge is 0.311 e. The van der Waals surface area contributed by atoms with Gasteiger partial charge in [-0.2, -0.15) is 0 Å². The quantitative estimate of drug-likeness (QED) is 0.485. The van der Waals surface area contributed by atoms with Crippen molar-refractivity contribution in [3.05, 3.63) is 30.0 Å². The average molecular weight is 374 g/mol. The summed E-state index contributed by atoms with van der Waals surface area (Å²) in [4.78, 5) is 28.2. The lowest BCUT2D eigenvalue weighted by Gasteiger charge is -2.30. The molecule has 0 bridgehead atoms. The molecule has 0 aliphatic carbocycles. The normalized spacial score (nSPS) is 11.7. The second kappa shape index (κ2) is 9.55. The molecule has 27 heavy (non-hydrogen) atoms. The highest BCUT2D eigenvalue weighted by atomic mass is 16.5. The van der Waals surface area contributed by atoms with Crippen LogP contribution in [0.5, 0.6) is 5.75 Å². The van der Waals surface area contributed by atoms with E-state index < -0.39 is 11.9 Å². The van der Waals surface area contributed by atoms with Gasteiger partial charge in [-0.25, -0.2) is 0 Å². The summed E-state index contributed by atoms with van der Waals surface area (Å²) in [5, 5.41) is 9.71. The molecule has 6 nitrogen and oxygen atoms in total. The summed E-state index contributed by atoms with van der Waals surface area (Å²) in [6.07, 6.45) is 3.22. The number of carboxylic acids is 1. The third-order valence-electron chi connectivity index (χ3n) is 4.72. The van der Waals surface area contributed by atoms with Gasteiger partial charge in [0.2, 0.25) is 0 Å². The van der Waals surface area contributed by atoms with E-state index in [4.69, 9.17) is 9.84 Å². The molecule has 148 valence electrons. The SMILES string of the molecule is CC(C)N(CCc1c[nH]c2c(OC(=O)CCCC(=O)O)cccc12)C(C)C. The van der Waals surface area contributed by atoms with Gasteiger partial charge in [-0.15, -0.1) is 0 Å². The van der Waals surface area contributed by atoms with Crippen LogP contribution in [0, 0.1) is 0 Å². The molecule has 0 spiro atoms. The van der Waals surface area contributed by atoms with E-state index >= 15 is 0 Å². The van der Waals surface area contributed by atoms with Gasteiger partial charge in [-0.1, -0.05) is 12.1 Å². The summed E-state index contributed by atoms with van der Waals surface area (Å²) in [7, 11) is 0. The molecule has 1 aromatic heterocycles. The highest BCUT2D eigenvalue weighted by Crippen LogP contribution is 2.28. The number of aromatic nitrogens is 1. The van der Waals surface area contributed by atoms with Gasteiger partial charge >= 0.3 is 11.9 Å². The lowest BCUT2D eigenvalue weighted by molar-refractivity contribution is -0.137. The van der Waals surface area contributed by atoms with Crippen molar-refractivity contribution in [3.8, 4) is 5.75 Å². The Balaban J connectivity index is 2.07. The molecule has 0 unspecified atom stereocenters. The van der Waals surface area contributed by atoms with Crippen molar-refractivity contribution in [2.75, 3.05) is 6.54 Å². The molecular formula is C21H30N2O4. The predicted molar refractivity (Wildman–Crippen MR) is 106 cm³/mol. The first kappa shape index (κ1) is 21.0. The Bertz CT molecular complexity index is 772. The van der Waals surface area contributed by atoms with E-state index in [1.54, 1.807) is 6.07 Å². The van der Waals surface area contributed by atoms with Crippen molar-refractivity contribution in [1.82, 2.24) is 9.88 Å². The number of carbonyl (C=O) groups excluding carboxylic acids is 1. The Morgan fingerprint density at radius 3 is 2.48 bits per heavy atom. The number of ether oxygens (including phenoxy) is 1. The summed E-state index contributed by atoms with van der Waals surface area (Å²) in [5.74, 6) is -0.829. The number of aromatic amines is 1. The molecule has 0 saturated carbocycles. The zero-order chi connectivity index (χ0) is 20.0. The first-order chi connectivity index (χ1) is 12.8. The third-order valence-corrected chi connectivity index (χ3v) is 4.72. The predicted octanol–water partition coefficient (Wildman–Crippen LogP) is 3.99. The fraction of sp³-hybridized carbons (Fsp3) is 0.524. The number of fused-ring (bicyclic) bond motifs is 1. The number of H-pyrrole nitrogens is 1. The average Bonchev–Trinajstić information content (AvgIpc) is 2.98. The fourth-order valence-electron chi connectivity index (χ4n) is 3.40. The van der Waals surface area contributed by atoms with Crippen LogP contribution < -0.4 is 4.74 Å². The first-order valence-electron chi connectivity index (χ1n) is 9.56. The van der Waals surface area contributed by atoms with Crippen LogP contribution in [0.15, 0.2) is 24.4 Å². The van der Waals surface area contributed by atoms with Crippen molar-refractivity contribution in [3.63, 3.8) is 0 Å². The number of carboxylic acid groups (broad SMARTS) is 1. The van der Waals surface area contributed by atoms with E-state index in [1.165, 1.54) is 5.56 Å². The number of benzene rings is 1. The molecule has 0 atom stereocenters. The number of esters is 1. The van der Waals surface area contributed by atoms with Crippen LogP contribution in [0.4, 0.5) is 0 Å². The Kier molecular flexibility index (Phi) is 7.42. The minimum absolute atomic E-state index is 0.0336. The number of para-hydroxylation sites is 1. The van der Waals surface area contributed by atoms with Crippen molar-refractivity contribution >= 4 is 22.8 Å². The summed E-state index contributed by atoms with van der Waals surface area (Å²) in [6, 6.07) is 6.63. The third kappa shape index (κ3) is 5.82. The molecule has 6 heteroatoms. The van der Waals surface area contributed by atoms with Gasteiger partial charge in [0.1, 0.15) is 0 Å². The number of rotatable bonds is 10. The number of aliphatic carboxylic acids is 1. The van der Waals surface area contributed by atoms with Crippen LogP contribution >= 0.6 is 0 Å². The topological polar surface area (TPSA) is 82.6 Å². The number of hydrogen-bond acceptors (Lipinski definition) is 4. The van der Waals surface area contributed by atoms with Gasteiger partial charge in [0.15, 0.2) is 5.75 Å². The Morgan fingerprint density at radius 2 is 1.85 bits per heavy atom. The monoisotopic (exact) mass is 374 g/mol. The van der Waals surface area contributed by atoms with Gasteiger partial charge in [0, 0.05) is 43.1 Å². The second-order valence-corrected chi connectivity index (χ2v) is 7.39. The fourth-order valence-corrected chi connectivity index (χ4v) is 3.40. The molecule has 2 N–H and O–H groups in total. The summed E-state index contributed by atoms with van der Waals surface area (Å²) < 4.78 is 5.45. The second-order valence-electron chi connectivity index (χ2n) is 7.39. The Hall–Kier alpha value is -2.34. The highest BCUT2D eigenvalue weighted by Gasteiger charge is 2.16. The van der Waals surface area contributed by atoms with E-state index in [1.807, 2.05) is 18.3 Å². The molecule has 0 radical (unpaired) electrons. The molecule has 1 heterocycles. The van der Waals surface area contributed by atoms with E-state index in [0.717, 1.165) is 23.9 Å². The van der Waals surface area contributed by atoms with Gasteiger partial charge in [-0.05, 0) is 52.2 Å². The van der Waals surface area contributed by atoms with E-state index in [0.29, 0.717) is 17.8 Å². The van der Waals surface area contributed by atoms with Gasteiger partial charge < -0.3 is 14.8 Å². The van der Waals surface area contributed by atoms with Crippen LogP contribution in [-0.2, 0) is 16.0 Å². The molecular weight excluding hydrogens is 344 g/mol. The number of carbonyl (C=O) groups is 2. The lowest BCUT2D eigenvalue weighted by atomic mass is 10.1. The van der Waals surface area contributed by atoms with Gasteiger partial charge in [0.05, 0.1) is 5.52 Å². The number of nitrogens with one attached hydrogen (secondary N) is 1. The largest absolute Gasteiger partial charge is 0.481 e. The zero-order valence-corrected chi connectivity index (χ0v) is 16.6. The summed E-state index contributed by atoms with van der Waals surface area (Å²) >= 11 is 0. The minimum Gasteiger partial charge on any atom is -0.481 e. The molecule has 0 amide bonds. The molecule has 2 aromatic rings. The van der Waals surface area contributed by atoms with Gasteiger partial charge in [0.25, 0.3) is 0 Å². The highest BCUT2D eigenvalue weighted by molar-refractivity contribution is 5.90. The van der Waals surface area contributed by atoms with Crippen LogP contribution in [-0.4, -0.2) is 45.6 Å². The molecule has 2 rings (SSSR count). The summed E-state index contributed by atoms with van der Waals surface area (Å²) in [6.45, 7) is 9.78. The van der Waals surface area contributed by atoms with Crippen LogP contribution in [0.25, 0.3) is 10.9 Å². The van der Waals surface area contributed by atoms with Crippen LogP contribution in [0.1, 0.15) is 52.5 Å². The first-order valence-corrected chi connectivity index (χ1v) is 9.56. The maximum absolute atomic E-state index is 12.0. The molecule has 0 aliphatic rings. The molecule has 0 saturated heterocycles. The lowest BCUT2D eigenvalue weighted by Crippen LogP contribution is -2.38. The van der Waals surface area contributed by atoms with E-state index in [9.17, 15) is 9.59 Å². The maximum atomic E-state index is 12.0. The van der Waals surface area contributed by atoms with E-state index in [-0.39, 0.29) is 19.3 Å². The van der Waals surface area contributed by atoms with Crippen LogP contribution in [0.3, 0.4) is 0 Å². The van der Waals surface area contributed by atoms with Crippen molar-refractivity contribution < 1.29 is 19.4 Å². The zero-order valence-electron chi connectivity index (χ0n) is 16.6. The van der Waals surface area contributed by atoms with Crippen molar-refractivity contribution in [1.29, 1.82) is 0 Å². The maximum Gasteiger partial charge on any atom is 0.311 e. The van der Waals surface area contributed by atoms with Crippen molar-refractivity contribution in [2.45, 2.75) is 65.5 Å². The molecule has 1 aromatic carbocycles. The molecule has 0 fully saturated rings. The minimum atomic E-state index is -0.907. The Labute approximate surface area is 160 Å². The standard InChI is InChI=1S/C21H30N2O4/c1-14(2)23(15(3)4)12-11-16-13-22-21-17(16)7-5-8-18(21)27-20(26)10-6-9-19(24)25/h5,7-8,13-15,22H,6,9-12H2,1-4H3,(H,24,25). The number of hydrogen-bond donors (Lipinski definition) is 2. The van der Waals surface area contributed by atoms with Crippen molar-refractivity contribution in [2.24, 2.45) is 0 Å². The number of nitrogens with zero attached hydrogens (tertiary/aromatic N) is 1. The molecule has 0 aliphatic heterocycles. The summed E-state index contributed by atoms with van der Waals surface area (Å²) in [5.41, 5.74) is 2.00.